The summed E-state index contributed by atoms with van der Waals surface area (Å²) in [5.41, 5.74) is 1.13. The van der Waals surface area contributed by atoms with Crippen molar-refractivity contribution in [2.45, 2.75) is 6.54 Å². The molecule has 4 rings (SSSR count). The molecule has 0 unspecified atom stereocenters. The molecule has 2 heterocycles. The van der Waals surface area contributed by atoms with Crippen molar-refractivity contribution in [3.63, 3.8) is 0 Å². The Morgan fingerprint density at radius 1 is 1.03 bits per heavy atom. The van der Waals surface area contributed by atoms with Crippen LogP contribution in [0, 0.1) is 0 Å². The number of furan rings is 1. The van der Waals surface area contributed by atoms with E-state index in [0.717, 1.165) is 4.70 Å². The fraction of sp³-hybridized carbons (Fsp3) is 0.182. The number of rotatable bonds is 7. The van der Waals surface area contributed by atoms with Gasteiger partial charge in [0.05, 0.1) is 38.8 Å². The SMILES string of the molecule is COc1cc(OC)cc(C(=O)N(Cc2ccco2)c2nc3c(OC)cccc3s2)c1. The van der Waals surface area contributed by atoms with E-state index < -0.39 is 0 Å². The monoisotopic (exact) mass is 424 g/mol. The van der Waals surface area contributed by atoms with Crippen molar-refractivity contribution in [1.82, 2.24) is 4.98 Å². The van der Waals surface area contributed by atoms with Crippen molar-refractivity contribution in [3.05, 3.63) is 66.1 Å². The minimum absolute atomic E-state index is 0.230. The second-order valence-electron chi connectivity index (χ2n) is 6.38. The lowest BCUT2D eigenvalue weighted by Gasteiger charge is -2.19. The van der Waals surface area contributed by atoms with E-state index in [1.165, 1.54) is 11.3 Å². The highest BCUT2D eigenvalue weighted by molar-refractivity contribution is 7.22. The molecule has 0 aliphatic heterocycles. The molecule has 8 heteroatoms. The smallest absolute Gasteiger partial charge is 0.260 e. The van der Waals surface area contributed by atoms with Crippen LogP contribution in [-0.2, 0) is 6.54 Å². The number of thiazole rings is 1. The summed E-state index contributed by atoms with van der Waals surface area (Å²) in [6, 6.07) is 14.4. The number of methoxy groups -OCH3 is 3. The summed E-state index contributed by atoms with van der Waals surface area (Å²) in [4.78, 5) is 19.8. The summed E-state index contributed by atoms with van der Waals surface area (Å²) < 4.78 is 22.5. The maximum atomic E-state index is 13.5. The van der Waals surface area contributed by atoms with E-state index in [9.17, 15) is 4.79 Å². The molecule has 0 aliphatic rings. The molecular weight excluding hydrogens is 404 g/mol. The van der Waals surface area contributed by atoms with E-state index in [1.807, 2.05) is 24.3 Å². The number of ether oxygens (including phenoxy) is 3. The summed E-state index contributed by atoms with van der Waals surface area (Å²) in [6.07, 6.45) is 1.58. The van der Waals surface area contributed by atoms with E-state index in [0.29, 0.717) is 39.2 Å². The topological polar surface area (TPSA) is 74.0 Å². The van der Waals surface area contributed by atoms with Crippen molar-refractivity contribution in [1.29, 1.82) is 0 Å². The second-order valence-corrected chi connectivity index (χ2v) is 7.38. The first kappa shape index (κ1) is 19.8. The van der Waals surface area contributed by atoms with Gasteiger partial charge in [0, 0.05) is 11.6 Å². The van der Waals surface area contributed by atoms with Crippen LogP contribution in [0.4, 0.5) is 5.13 Å². The second kappa shape index (κ2) is 8.46. The summed E-state index contributed by atoms with van der Waals surface area (Å²) in [5, 5.41) is 0.540. The average molecular weight is 424 g/mol. The van der Waals surface area contributed by atoms with Gasteiger partial charge in [-0.3, -0.25) is 9.69 Å². The van der Waals surface area contributed by atoms with E-state index in [4.69, 9.17) is 23.6 Å². The van der Waals surface area contributed by atoms with Gasteiger partial charge in [-0.15, -0.1) is 0 Å². The zero-order valence-corrected chi connectivity index (χ0v) is 17.6. The molecule has 154 valence electrons. The van der Waals surface area contributed by atoms with Crippen molar-refractivity contribution < 1.29 is 23.4 Å². The Kier molecular flexibility index (Phi) is 5.58. The Balaban J connectivity index is 1.80. The molecule has 0 aliphatic carbocycles. The van der Waals surface area contributed by atoms with Gasteiger partial charge in [-0.2, -0.15) is 0 Å². The number of aromatic nitrogens is 1. The van der Waals surface area contributed by atoms with Crippen molar-refractivity contribution in [2.24, 2.45) is 0 Å². The molecule has 0 fully saturated rings. The highest BCUT2D eigenvalue weighted by atomic mass is 32.1. The fourth-order valence-electron chi connectivity index (χ4n) is 3.06. The number of para-hydroxylation sites is 1. The zero-order valence-electron chi connectivity index (χ0n) is 16.7. The fourth-order valence-corrected chi connectivity index (χ4v) is 4.04. The number of carbonyl (C=O) groups is 1. The molecule has 0 saturated heterocycles. The molecule has 0 atom stereocenters. The van der Waals surface area contributed by atoms with Crippen LogP contribution in [-0.4, -0.2) is 32.2 Å². The predicted octanol–water partition coefficient (Wildman–Crippen LogP) is 4.76. The number of nitrogens with zero attached hydrogens (tertiary/aromatic N) is 2. The van der Waals surface area contributed by atoms with Crippen LogP contribution in [0.15, 0.2) is 59.2 Å². The van der Waals surface area contributed by atoms with Gasteiger partial charge < -0.3 is 18.6 Å². The molecule has 2 aromatic heterocycles. The van der Waals surface area contributed by atoms with Crippen molar-refractivity contribution in [3.8, 4) is 17.2 Å². The summed E-state index contributed by atoms with van der Waals surface area (Å²) in [5.74, 6) is 2.11. The molecule has 0 radical (unpaired) electrons. The van der Waals surface area contributed by atoms with Crippen LogP contribution >= 0.6 is 11.3 Å². The third-order valence-electron chi connectivity index (χ3n) is 4.56. The third-order valence-corrected chi connectivity index (χ3v) is 5.60. The minimum atomic E-state index is -0.248. The summed E-state index contributed by atoms with van der Waals surface area (Å²) in [6.45, 7) is 0.230. The van der Waals surface area contributed by atoms with Gasteiger partial charge in [0.1, 0.15) is 28.5 Å². The van der Waals surface area contributed by atoms with E-state index >= 15 is 0 Å². The average Bonchev–Trinajstić information content (AvgIpc) is 3.45. The Bertz CT molecular complexity index is 1150. The first-order valence-corrected chi connectivity index (χ1v) is 9.95. The lowest BCUT2D eigenvalue weighted by molar-refractivity contribution is 0.0982. The highest BCUT2D eigenvalue weighted by Gasteiger charge is 2.24. The molecule has 30 heavy (non-hydrogen) atoms. The van der Waals surface area contributed by atoms with Crippen LogP contribution in [0.2, 0.25) is 0 Å². The Labute approximate surface area is 177 Å². The van der Waals surface area contributed by atoms with Crippen molar-refractivity contribution in [2.75, 3.05) is 26.2 Å². The maximum Gasteiger partial charge on any atom is 0.260 e. The number of benzene rings is 2. The number of hydrogen-bond acceptors (Lipinski definition) is 7. The number of carbonyl (C=O) groups excluding carboxylic acids is 1. The van der Waals surface area contributed by atoms with Crippen LogP contribution in [0.1, 0.15) is 16.1 Å². The van der Waals surface area contributed by atoms with Gasteiger partial charge in [0.25, 0.3) is 5.91 Å². The minimum Gasteiger partial charge on any atom is -0.497 e. The predicted molar refractivity (Wildman–Crippen MR) is 115 cm³/mol. The van der Waals surface area contributed by atoms with E-state index in [2.05, 4.69) is 0 Å². The quantitative estimate of drug-likeness (QED) is 0.426. The lowest BCUT2D eigenvalue weighted by Crippen LogP contribution is -2.30. The van der Waals surface area contributed by atoms with Gasteiger partial charge in [0.2, 0.25) is 0 Å². The van der Waals surface area contributed by atoms with Gasteiger partial charge in [-0.1, -0.05) is 17.4 Å². The maximum absolute atomic E-state index is 13.5. The van der Waals surface area contributed by atoms with Crippen LogP contribution < -0.4 is 19.1 Å². The largest absolute Gasteiger partial charge is 0.497 e. The molecule has 0 spiro atoms. The highest BCUT2D eigenvalue weighted by Crippen LogP contribution is 2.36. The summed E-state index contributed by atoms with van der Waals surface area (Å²) in [7, 11) is 4.69. The van der Waals surface area contributed by atoms with Gasteiger partial charge in [-0.25, -0.2) is 4.98 Å². The van der Waals surface area contributed by atoms with Gasteiger partial charge in [-0.05, 0) is 36.4 Å². The molecule has 0 N–H and O–H groups in total. The first-order valence-electron chi connectivity index (χ1n) is 9.13. The molecular formula is C22H20N2O5S. The third kappa shape index (κ3) is 3.81. The Hall–Kier alpha value is -3.52. The zero-order chi connectivity index (χ0) is 21.1. The molecule has 0 bridgehead atoms. The van der Waals surface area contributed by atoms with E-state index in [-0.39, 0.29) is 12.5 Å². The normalized spacial score (nSPS) is 10.8. The summed E-state index contributed by atoms with van der Waals surface area (Å²) >= 11 is 1.41. The van der Waals surface area contributed by atoms with Gasteiger partial charge >= 0.3 is 0 Å². The molecule has 0 saturated carbocycles. The number of fused-ring (bicyclic) bond motifs is 1. The Morgan fingerprint density at radius 2 is 1.80 bits per heavy atom. The van der Waals surface area contributed by atoms with Crippen LogP contribution in [0.5, 0.6) is 17.2 Å². The first-order chi connectivity index (χ1) is 14.6. The Morgan fingerprint density at radius 3 is 2.43 bits per heavy atom. The molecule has 1 amide bonds. The van der Waals surface area contributed by atoms with Gasteiger partial charge in [0.15, 0.2) is 5.13 Å². The van der Waals surface area contributed by atoms with E-state index in [1.54, 1.807) is 56.8 Å². The van der Waals surface area contributed by atoms with Crippen molar-refractivity contribution >= 4 is 32.6 Å². The molecule has 2 aromatic carbocycles. The molecule has 4 aromatic rings. The molecule has 7 nitrogen and oxygen atoms in total. The number of anilines is 1. The number of amides is 1. The number of hydrogen-bond donors (Lipinski definition) is 0. The lowest BCUT2D eigenvalue weighted by atomic mass is 10.1. The van der Waals surface area contributed by atoms with Crippen LogP contribution in [0.3, 0.4) is 0 Å². The standard InChI is InChI=1S/C22H20N2O5S/c1-26-16-10-14(11-17(12-16)27-2)21(25)24(13-15-6-5-9-29-15)22-23-20-18(28-3)7-4-8-19(20)30-22/h4-12H,13H2,1-3H3. The van der Waals surface area contributed by atoms with Crippen LogP contribution in [0.25, 0.3) is 10.2 Å².